The second kappa shape index (κ2) is 7.44. The van der Waals surface area contributed by atoms with Crippen molar-refractivity contribution < 1.29 is 4.74 Å². The molecule has 0 saturated carbocycles. The van der Waals surface area contributed by atoms with Crippen LogP contribution in [0.3, 0.4) is 0 Å². The summed E-state index contributed by atoms with van der Waals surface area (Å²) in [5, 5.41) is 0.579. The fourth-order valence-electron chi connectivity index (χ4n) is 3.74. The minimum Gasteiger partial charge on any atom is -0.495 e. The summed E-state index contributed by atoms with van der Waals surface area (Å²) in [6.07, 6.45) is 4.41. The van der Waals surface area contributed by atoms with Crippen LogP contribution < -0.4 is 20.9 Å². The van der Waals surface area contributed by atoms with E-state index in [2.05, 4.69) is 4.98 Å². The number of ether oxygens (including phenoxy) is 1. The molecule has 0 fully saturated rings. The molecular formula is C20H22ClN5O3. The first kappa shape index (κ1) is 19.3. The van der Waals surface area contributed by atoms with E-state index >= 15 is 0 Å². The molecule has 0 saturated heterocycles. The Bertz CT molecular complexity index is 1240. The SMILES string of the molecule is C/C=C/Cn1c(=O)c2c(nc3n2CCCN3c2cc(Cl)ccc2OC)n(C)c1=O. The number of nitrogens with zero attached hydrogens (tertiary/aromatic N) is 5. The Labute approximate surface area is 172 Å². The topological polar surface area (TPSA) is 74.3 Å². The van der Waals surface area contributed by atoms with Gasteiger partial charge in [-0.2, -0.15) is 4.98 Å². The van der Waals surface area contributed by atoms with E-state index in [9.17, 15) is 9.59 Å². The van der Waals surface area contributed by atoms with Crippen LogP contribution in [0.5, 0.6) is 5.75 Å². The van der Waals surface area contributed by atoms with Crippen LogP contribution in [0.15, 0.2) is 39.9 Å². The second-order valence-corrected chi connectivity index (χ2v) is 7.32. The van der Waals surface area contributed by atoms with Gasteiger partial charge in [0, 0.05) is 31.7 Å². The second-order valence-electron chi connectivity index (χ2n) is 6.88. The van der Waals surface area contributed by atoms with E-state index in [1.165, 1.54) is 9.13 Å². The van der Waals surface area contributed by atoms with Gasteiger partial charge in [-0.1, -0.05) is 23.8 Å². The molecule has 1 aliphatic rings. The Morgan fingerprint density at radius 3 is 2.79 bits per heavy atom. The lowest BCUT2D eigenvalue weighted by atomic mass is 10.2. The molecule has 29 heavy (non-hydrogen) atoms. The molecule has 0 amide bonds. The van der Waals surface area contributed by atoms with Crippen molar-refractivity contribution in [3.8, 4) is 5.75 Å². The van der Waals surface area contributed by atoms with Crippen LogP contribution in [0.25, 0.3) is 11.2 Å². The van der Waals surface area contributed by atoms with Crippen LogP contribution in [0.1, 0.15) is 13.3 Å². The smallest absolute Gasteiger partial charge is 0.332 e. The Kier molecular flexibility index (Phi) is 4.96. The lowest BCUT2D eigenvalue weighted by Crippen LogP contribution is -2.39. The molecule has 152 valence electrons. The van der Waals surface area contributed by atoms with Crippen molar-refractivity contribution in [3.05, 3.63) is 56.2 Å². The number of imidazole rings is 1. The van der Waals surface area contributed by atoms with Crippen LogP contribution in [0, 0.1) is 0 Å². The predicted octanol–water partition coefficient (Wildman–Crippen LogP) is 2.68. The van der Waals surface area contributed by atoms with Crippen molar-refractivity contribution in [2.45, 2.75) is 26.4 Å². The first-order valence-electron chi connectivity index (χ1n) is 9.40. The standard InChI is InChI=1S/C20H22ClN5O3/c1-4-5-9-26-18(27)16-17(23(2)20(26)28)22-19-24(10-6-11-25(16)19)14-12-13(21)7-8-15(14)29-3/h4-5,7-8,12H,6,9-11H2,1-3H3/b5-4+. The summed E-state index contributed by atoms with van der Waals surface area (Å²) >= 11 is 6.22. The molecule has 0 radical (unpaired) electrons. The highest BCUT2D eigenvalue weighted by molar-refractivity contribution is 6.31. The average Bonchev–Trinajstić information content (AvgIpc) is 3.12. The number of hydrogen-bond acceptors (Lipinski definition) is 5. The number of hydrogen-bond donors (Lipinski definition) is 0. The van der Waals surface area contributed by atoms with Gasteiger partial charge in [-0.05, 0) is 31.5 Å². The third-order valence-corrected chi connectivity index (χ3v) is 5.41. The number of rotatable bonds is 4. The maximum absolute atomic E-state index is 13.2. The zero-order chi connectivity index (χ0) is 20.7. The van der Waals surface area contributed by atoms with Crippen molar-refractivity contribution in [3.63, 3.8) is 0 Å². The van der Waals surface area contributed by atoms with Crippen molar-refractivity contribution in [2.24, 2.45) is 7.05 Å². The minimum atomic E-state index is -0.386. The van der Waals surface area contributed by atoms with Gasteiger partial charge in [0.15, 0.2) is 11.2 Å². The highest BCUT2D eigenvalue weighted by Gasteiger charge is 2.28. The molecule has 8 nitrogen and oxygen atoms in total. The number of aromatic nitrogens is 4. The molecular weight excluding hydrogens is 394 g/mol. The third kappa shape index (κ3) is 3.04. The monoisotopic (exact) mass is 415 g/mol. The lowest BCUT2D eigenvalue weighted by molar-refractivity contribution is 0.414. The first-order valence-corrected chi connectivity index (χ1v) is 9.78. The Balaban J connectivity index is 1.99. The number of methoxy groups -OCH3 is 1. The van der Waals surface area contributed by atoms with Crippen molar-refractivity contribution in [2.75, 3.05) is 18.6 Å². The summed E-state index contributed by atoms with van der Waals surface area (Å²) in [5.74, 6) is 1.26. The maximum Gasteiger partial charge on any atom is 0.332 e. The zero-order valence-electron chi connectivity index (χ0n) is 16.6. The number of fused-ring (bicyclic) bond motifs is 3. The molecule has 1 aliphatic heterocycles. The van der Waals surface area contributed by atoms with Gasteiger partial charge in [-0.15, -0.1) is 0 Å². The van der Waals surface area contributed by atoms with Crippen LogP contribution in [0.4, 0.5) is 11.6 Å². The minimum absolute atomic E-state index is 0.226. The van der Waals surface area contributed by atoms with Gasteiger partial charge < -0.3 is 14.2 Å². The number of benzene rings is 1. The summed E-state index contributed by atoms with van der Waals surface area (Å²) < 4.78 is 10.1. The van der Waals surface area contributed by atoms with Crippen molar-refractivity contribution in [1.82, 2.24) is 18.7 Å². The van der Waals surface area contributed by atoms with E-state index < -0.39 is 0 Å². The van der Waals surface area contributed by atoms with Crippen LogP contribution >= 0.6 is 11.6 Å². The van der Waals surface area contributed by atoms with Crippen LogP contribution in [-0.4, -0.2) is 32.3 Å². The average molecular weight is 416 g/mol. The van der Waals surface area contributed by atoms with Gasteiger partial charge in [0.2, 0.25) is 5.95 Å². The molecule has 0 aliphatic carbocycles. The number of allylic oxidation sites excluding steroid dienone is 2. The maximum atomic E-state index is 13.2. The van der Waals surface area contributed by atoms with Gasteiger partial charge in [0.1, 0.15) is 5.75 Å². The molecule has 3 heterocycles. The molecule has 0 bridgehead atoms. The zero-order valence-corrected chi connectivity index (χ0v) is 17.3. The van der Waals surface area contributed by atoms with E-state index in [0.29, 0.717) is 41.0 Å². The first-order chi connectivity index (χ1) is 14.0. The van der Waals surface area contributed by atoms with Gasteiger partial charge >= 0.3 is 5.69 Å². The normalized spacial score (nSPS) is 14.0. The highest BCUT2D eigenvalue weighted by atomic mass is 35.5. The molecule has 0 unspecified atom stereocenters. The molecule has 0 spiro atoms. The Morgan fingerprint density at radius 2 is 2.07 bits per heavy atom. The quantitative estimate of drug-likeness (QED) is 0.612. The van der Waals surface area contributed by atoms with Gasteiger partial charge in [0.05, 0.1) is 12.8 Å². The van der Waals surface area contributed by atoms with E-state index in [-0.39, 0.29) is 17.8 Å². The molecule has 1 aromatic carbocycles. The Morgan fingerprint density at radius 1 is 1.28 bits per heavy atom. The Hall–Kier alpha value is -3.00. The van der Waals surface area contributed by atoms with Crippen LogP contribution in [-0.2, 0) is 20.1 Å². The number of aryl methyl sites for hydroxylation is 2. The van der Waals surface area contributed by atoms with E-state index in [0.717, 1.165) is 12.1 Å². The molecule has 0 N–H and O–H groups in total. The summed E-state index contributed by atoms with van der Waals surface area (Å²) in [4.78, 5) is 32.5. The van der Waals surface area contributed by atoms with E-state index in [1.807, 2.05) is 28.5 Å². The summed E-state index contributed by atoms with van der Waals surface area (Å²) in [7, 11) is 3.24. The van der Waals surface area contributed by atoms with Crippen molar-refractivity contribution >= 4 is 34.4 Å². The summed E-state index contributed by atoms with van der Waals surface area (Å²) in [6.45, 7) is 3.41. The largest absolute Gasteiger partial charge is 0.495 e. The molecule has 0 atom stereocenters. The predicted molar refractivity (Wildman–Crippen MR) is 114 cm³/mol. The molecule has 2 aromatic heterocycles. The van der Waals surface area contributed by atoms with Crippen molar-refractivity contribution in [1.29, 1.82) is 0 Å². The summed E-state index contributed by atoms with van der Waals surface area (Å²) in [6, 6.07) is 5.39. The molecule has 9 heteroatoms. The summed E-state index contributed by atoms with van der Waals surface area (Å²) in [5.41, 5.74) is 0.857. The highest BCUT2D eigenvalue weighted by Crippen LogP contribution is 2.38. The lowest BCUT2D eigenvalue weighted by Gasteiger charge is -2.30. The van der Waals surface area contributed by atoms with E-state index in [4.69, 9.17) is 16.3 Å². The number of halogens is 1. The third-order valence-electron chi connectivity index (χ3n) is 5.17. The van der Waals surface area contributed by atoms with Crippen LogP contribution in [0.2, 0.25) is 5.02 Å². The number of anilines is 2. The fraction of sp³-hybridized carbons (Fsp3) is 0.350. The van der Waals surface area contributed by atoms with Gasteiger partial charge in [-0.3, -0.25) is 13.9 Å². The molecule has 3 aromatic rings. The van der Waals surface area contributed by atoms with E-state index in [1.54, 1.807) is 32.4 Å². The fourth-order valence-corrected chi connectivity index (χ4v) is 3.91. The van der Waals surface area contributed by atoms with Gasteiger partial charge in [0.25, 0.3) is 5.56 Å². The molecule has 4 rings (SSSR count). The van der Waals surface area contributed by atoms with Gasteiger partial charge in [-0.25, -0.2) is 4.79 Å².